The van der Waals surface area contributed by atoms with Crippen LogP contribution in [0.2, 0.25) is 0 Å². The summed E-state index contributed by atoms with van der Waals surface area (Å²) in [7, 11) is 1.69. The van der Waals surface area contributed by atoms with Gasteiger partial charge in [0, 0.05) is 32.1 Å². The monoisotopic (exact) mass is 346 g/mol. The second-order valence-corrected chi connectivity index (χ2v) is 6.21. The molecular weight excluding hydrogens is 316 g/mol. The molecule has 0 aliphatic heterocycles. The van der Waals surface area contributed by atoms with Crippen LogP contribution in [0.5, 0.6) is 5.75 Å². The van der Waals surface area contributed by atoms with Crippen LogP contribution >= 0.6 is 0 Å². The molecule has 0 heterocycles. The molecule has 1 fully saturated rings. The SMILES string of the molecule is CCNC(=NCCCc1cccc(OC)c1)NCCNC(=O)C1CC1. The molecule has 1 amide bonds. The number of aryl methyl sites for hydroxylation is 1. The third-order valence-electron chi connectivity index (χ3n) is 4.04. The van der Waals surface area contributed by atoms with Gasteiger partial charge in [-0.15, -0.1) is 0 Å². The van der Waals surface area contributed by atoms with Gasteiger partial charge in [0.2, 0.25) is 5.91 Å². The number of benzene rings is 1. The second kappa shape index (κ2) is 10.6. The Kier molecular flexibility index (Phi) is 8.09. The van der Waals surface area contributed by atoms with Gasteiger partial charge in [0.15, 0.2) is 5.96 Å². The Bertz CT molecular complexity index is 570. The third kappa shape index (κ3) is 7.45. The molecule has 0 atom stereocenters. The number of ether oxygens (including phenoxy) is 1. The molecular formula is C19H30N4O2. The lowest BCUT2D eigenvalue weighted by molar-refractivity contribution is -0.122. The van der Waals surface area contributed by atoms with Crippen LogP contribution < -0.4 is 20.7 Å². The van der Waals surface area contributed by atoms with Crippen LogP contribution in [0, 0.1) is 5.92 Å². The first kappa shape index (κ1) is 19.1. The Morgan fingerprint density at radius 3 is 2.76 bits per heavy atom. The van der Waals surface area contributed by atoms with Crippen molar-refractivity contribution in [2.45, 2.75) is 32.6 Å². The van der Waals surface area contributed by atoms with E-state index < -0.39 is 0 Å². The van der Waals surface area contributed by atoms with E-state index in [1.54, 1.807) is 7.11 Å². The number of hydrogen-bond donors (Lipinski definition) is 3. The Hall–Kier alpha value is -2.24. The van der Waals surface area contributed by atoms with Crippen molar-refractivity contribution in [2.24, 2.45) is 10.9 Å². The number of nitrogens with zero attached hydrogens (tertiary/aromatic N) is 1. The third-order valence-corrected chi connectivity index (χ3v) is 4.04. The highest BCUT2D eigenvalue weighted by atomic mass is 16.5. The van der Waals surface area contributed by atoms with Crippen molar-refractivity contribution >= 4 is 11.9 Å². The van der Waals surface area contributed by atoms with Crippen molar-refractivity contribution in [2.75, 3.05) is 33.3 Å². The highest BCUT2D eigenvalue weighted by Crippen LogP contribution is 2.28. The fourth-order valence-electron chi connectivity index (χ4n) is 2.50. The van der Waals surface area contributed by atoms with E-state index in [2.05, 4.69) is 33.1 Å². The lowest BCUT2D eigenvalue weighted by atomic mass is 10.1. The minimum absolute atomic E-state index is 0.182. The van der Waals surface area contributed by atoms with Gasteiger partial charge in [-0.2, -0.15) is 0 Å². The predicted octanol–water partition coefficient (Wildman–Crippen LogP) is 1.71. The van der Waals surface area contributed by atoms with Gasteiger partial charge in [0.25, 0.3) is 0 Å². The summed E-state index contributed by atoms with van der Waals surface area (Å²) < 4.78 is 5.24. The summed E-state index contributed by atoms with van der Waals surface area (Å²) >= 11 is 0. The smallest absolute Gasteiger partial charge is 0.223 e. The first-order chi connectivity index (χ1) is 12.2. The fraction of sp³-hybridized carbons (Fsp3) is 0.579. The summed E-state index contributed by atoms with van der Waals surface area (Å²) in [6.45, 7) is 4.92. The number of rotatable bonds is 10. The molecule has 138 valence electrons. The molecule has 0 unspecified atom stereocenters. The average molecular weight is 346 g/mol. The van der Waals surface area contributed by atoms with E-state index in [1.807, 2.05) is 19.1 Å². The summed E-state index contributed by atoms with van der Waals surface area (Å²) in [4.78, 5) is 16.2. The van der Waals surface area contributed by atoms with Gasteiger partial charge in [-0.25, -0.2) is 0 Å². The molecule has 6 nitrogen and oxygen atoms in total. The summed E-state index contributed by atoms with van der Waals surface area (Å²) in [5, 5.41) is 9.43. The van der Waals surface area contributed by atoms with Crippen molar-refractivity contribution in [3.63, 3.8) is 0 Å². The fourth-order valence-corrected chi connectivity index (χ4v) is 2.50. The minimum Gasteiger partial charge on any atom is -0.497 e. The number of methoxy groups -OCH3 is 1. The molecule has 0 spiro atoms. The molecule has 2 rings (SSSR count). The van der Waals surface area contributed by atoms with Crippen molar-refractivity contribution in [3.05, 3.63) is 29.8 Å². The van der Waals surface area contributed by atoms with Crippen LogP contribution in [0.3, 0.4) is 0 Å². The quantitative estimate of drug-likeness (QED) is 0.342. The zero-order valence-electron chi connectivity index (χ0n) is 15.3. The van der Waals surface area contributed by atoms with E-state index in [1.165, 1.54) is 5.56 Å². The van der Waals surface area contributed by atoms with E-state index >= 15 is 0 Å². The van der Waals surface area contributed by atoms with E-state index in [0.717, 1.165) is 50.5 Å². The Morgan fingerprint density at radius 1 is 1.24 bits per heavy atom. The average Bonchev–Trinajstić information content (AvgIpc) is 3.47. The molecule has 1 aliphatic carbocycles. The van der Waals surface area contributed by atoms with E-state index in [9.17, 15) is 4.79 Å². The minimum atomic E-state index is 0.182. The summed E-state index contributed by atoms with van der Waals surface area (Å²) in [6, 6.07) is 8.14. The Labute approximate surface area is 150 Å². The van der Waals surface area contributed by atoms with Gasteiger partial charge in [-0.3, -0.25) is 9.79 Å². The zero-order valence-corrected chi connectivity index (χ0v) is 15.3. The van der Waals surface area contributed by atoms with Gasteiger partial charge in [0.1, 0.15) is 5.75 Å². The number of nitrogens with one attached hydrogen (secondary N) is 3. The lowest BCUT2D eigenvalue weighted by Crippen LogP contribution is -2.41. The van der Waals surface area contributed by atoms with E-state index in [-0.39, 0.29) is 11.8 Å². The Morgan fingerprint density at radius 2 is 2.04 bits per heavy atom. The van der Waals surface area contributed by atoms with Crippen LogP contribution in [0.25, 0.3) is 0 Å². The van der Waals surface area contributed by atoms with Crippen LogP contribution in [0.15, 0.2) is 29.3 Å². The number of amides is 1. The second-order valence-electron chi connectivity index (χ2n) is 6.21. The maximum atomic E-state index is 11.6. The van der Waals surface area contributed by atoms with Gasteiger partial charge in [0.05, 0.1) is 7.11 Å². The summed E-state index contributed by atoms with van der Waals surface area (Å²) in [5.74, 6) is 2.14. The largest absolute Gasteiger partial charge is 0.497 e. The summed E-state index contributed by atoms with van der Waals surface area (Å²) in [6.07, 6.45) is 4.02. The normalized spacial score (nSPS) is 14.1. The molecule has 3 N–H and O–H groups in total. The number of guanidine groups is 1. The molecule has 1 aromatic rings. The van der Waals surface area contributed by atoms with Gasteiger partial charge in [-0.05, 0) is 50.3 Å². The maximum absolute atomic E-state index is 11.6. The molecule has 1 aromatic carbocycles. The Balaban J connectivity index is 1.66. The van der Waals surface area contributed by atoms with Crippen LogP contribution in [-0.2, 0) is 11.2 Å². The molecule has 6 heteroatoms. The van der Waals surface area contributed by atoms with Crippen molar-refractivity contribution in [1.29, 1.82) is 0 Å². The lowest BCUT2D eigenvalue weighted by Gasteiger charge is -2.12. The topological polar surface area (TPSA) is 74.8 Å². The molecule has 0 saturated heterocycles. The molecule has 0 bridgehead atoms. The van der Waals surface area contributed by atoms with Crippen LogP contribution in [0.1, 0.15) is 31.7 Å². The van der Waals surface area contributed by atoms with E-state index in [4.69, 9.17) is 4.74 Å². The highest BCUT2D eigenvalue weighted by molar-refractivity contribution is 5.81. The molecule has 0 radical (unpaired) electrons. The number of hydrogen-bond acceptors (Lipinski definition) is 3. The number of carbonyl (C=O) groups excluding carboxylic acids is 1. The first-order valence-corrected chi connectivity index (χ1v) is 9.15. The molecule has 25 heavy (non-hydrogen) atoms. The van der Waals surface area contributed by atoms with E-state index in [0.29, 0.717) is 13.1 Å². The standard InChI is InChI=1S/C19H30N4O2/c1-3-20-19(23-13-12-21-18(24)16-9-10-16)22-11-5-7-15-6-4-8-17(14-15)25-2/h4,6,8,14,16H,3,5,7,9-13H2,1-2H3,(H,21,24)(H2,20,22,23). The predicted molar refractivity (Wildman–Crippen MR) is 101 cm³/mol. The number of carbonyl (C=O) groups is 1. The van der Waals surface area contributed by atoms with Gasteiger partial charge >= 0.3 is 0 Å². The summed E-state index contributed by atoms with van der Waals surface area (Å²) in [5.41, 5.74) is 1.26. The molecule has 0 aromatic heterocycles. The molecule has 1 aliphatic rings. The van der Waals surface area contributed by atoms with Crippen molar-refractivity contribution in [3.8, 4) is 5.75 Å². The van der Waals surface area contributed by atoms with Crippen LogP contribution in [-0.4, -0.2) is 45.2 Å². The first-order valence-electron chi connectivity index (χ1n) is 9.15. The number of aliphatic imine (C=N–C) groups is 1. The van der Waals surface area contributed by atoms with Gasteiger partial charge < -0.3 is 20.7 Å². The van der Waals surface area contributed by atoms with Crippen molar-refractivity contribution < 1.29 is 9.53 Å². The van der Waals surface area contributed by atoms with Crippen LogP contribution in [0.4, 0.5) is 0 Å². The molecule has 1 saturated carbocycles. The van der Waals surface area contributed by atoms with Gasteiger partial charge in [-0.1, -0.05) is 12.1 Å². The highest BCUT2D eigenvalue weighted by Gasteiger charge is 2.28. The zero-order chi connectivity index (χ0) is 17.9. The maximum Gasteiger partial charge on any atom is 0.223 e. The van der Waals surface area contributed by atoms with Crippen molar-refractivity contribution in [1.82, 2.24) is 16.0 Å².